The summed E-state index contributed by atoms with van der Waals surface area (Å²) in [6.45, 7) is 4.05. The van der Waals surface area contributed by atoms with E-state index < -0.39 is 0 Å². The van der Waals surface area contributed by atoms with E-state index >= 15 is 0 Å². The van der Waals surface area contributed by atoms with Crippen molar-refractivity contribution < 1.29 is 5.11 Å². The first-order chi connectivity index (χ1) is 5.58. The zero-order valence-corrected chi connectivity index (χ0v) is 9.49. The van der Waals surface area contributed by atoms with Crippen LogP contribution in [0.4, 0.5) is 0 Å². The van der Waals surface area contributed by atoms with Crippen LogP contribution in [0.15, 0.2) is 16.8 Å². The van der Waals surface area contributed by atoms with Crippen LogP contribution >= 0.6 is 23.7 Å². The monoisotopic (exact) mass is 221 g/mol. The van der Waals surface area contributed by atoms with Crippen molar-refractivity contribution in [2.75, 3.05) is 6.61 Å². The van der Waals surface area contributed by atoms with Gasteiger partial charge >= 0.3 is 0 Å². The standard InChI is InChI=1S/C9H15NOS.ClH/c1-9(2,6-11)8(10)7-3-4-12-5-7;/h3-5,8,11H,6,10H2,1-2H3;1H/t8-;/m0./s1. The summed E-state index contributed by atoms with van der Waals surface area (Å²) in [6, 6.07) is 1.93. The van der Waals surface area contributed by atoms with Gasteiger partial charge in [-0.05, 0) is 22.4 Å². The number of hydrogen-bond donors (Lipinski definition) is 2. The number of aliphatic hydroxyl groups is 1. The molecule has 0 saturated carbocycles. The molecule has 0 aliphatic carbocycles. The normalized spacial score (nSPS) is 13.5. The van der Waals surface area contributed by atoms with E-state index in [1.54, 1.807) is 11.3 Å². The lowest BCUT2D eigenvalue weighted by molar-refractivity contribution is 0.132. The van der Waals surface area contributed by atoms with Crippen molar-refractivity contribution in [2.24, 2.45) is 11.1 Å². The minimum absolute atomic E-state index is 0. The number of halogens is 1. The smallest absolute Gasteiger partial charge is 0.0500 e. The van der Waals surface area contributed by atoms with Crippen molar-refractivity contribution in [3.05, 3.63) is 22.4 Å². The van der Waals surface area contributed by atoms with Crippen molar-refractivity contribution in [2.45, 2.75) is 19.9 Å². The second-order valence-corrected chi connectivity index (χ2v) is 4.46. The molecular weight excluding hydrogens is 206 g/mol. The van der Waals surface area contributed by atoms with Crippen molar-refractivity contribution >= 4 is 23.7 Å². The number of rotatable bonds is 3. The van der Waals surface area contributed by atoms with E-state index in [1.807, 2.05) is 30.7 Å². The van der Waals surface area contributed by atoms with Gasteiger partial charge in [-0.25, -0.2) is 0 Å². The van der Waals surface area contributed by atoms with Gasteiger partial charge in [0.05, 0.1) is 0 Å². The molecule has 0 fully saturated rings. The molecule has 0 unspecified atom stereocenters. The van der Waals surface area contributed by atoms with Gasteiger partial charge in [0, 0.05) is 18.1 Å². The molecular formula is C9H16ClNOS. The van der Waals surface area contributed by atoms with E-state index in [-0.39, 0.29) is 30.5 Å². The molecule has 0 bridgehead atoms. The van der Waals surface area contributed by atoms with Crippen LogP contribution in [0.5, 0.6) is 0 Å². The molecule has 0 amide bonds. The van der Waals surface area contributed by atoms with Crippen LogP contribution in [0, 0.1) is 5.41 Å². The van der Waals surface area contributed by atoms with E-state index in [0.29, 0.717) is 0 Å². The lowest BCUT2D eigenvalue weighted by Gasteiger charge is -2.28. The van der Waals surface area contributed by atoms with Crippen molar-refractivity contribution in [1.29, 1.82) is 0 Å². The Labute approximate surface area is 89.2 Å². The second kappa shape index (κ2) is 4.96. The zero-order valence-electron chi connectivity index (χ0n) is 7.86. The lowest BCUT2D eigenvalue weighted by Crippen LogP contribution is -2.31. The Hall–Kier alpha value is -0.0900. The molecule has 3 N–H and O–H groups in total. The average Bonchev–Trinajstić information content (AvgIpc) is 2.55. The summed E-state index contributed by atoms with van der Waals surface area (Å²) in [6.07, 6.45) is 0. The van der Waals surface area contributed by atoms with Crippen LogP contribution in [-0.2, 0) is 0 Å². The van der Waals surface area contributed by atoms with Crippen LogP contribution in [-0.4, -0.2) is 11.7 Å². The summed E-state index contributed by atoms with van der Waals surface area (Å²) in [5.41, 5.74) is 6.85. The molecule has 0 spiro atoms. The van der Waals surface area contributed by atoms with Gasteiger partial charge in [0.2, 0.25) is 0 Å². The highest BCUT2D eigenvalue weighted by molar-refractivity contribution is 7.07. The highest BCUT2D eigenvalue weighted by Crippen LogP contribution is 2.31. The number of aliphatic hydroxyl groups excluding tert-OH is 1. The average molecular weight is 222 g/mol. The third kappa shape index (κ3) is 2.95. The first-order valence-corrected chi connectivity index (χ1v) is 4.91. The molecule has 0 aromatic carbocycles. The van der Waals surface area contributed by atoms with Crippen LogP contribution in [0.2, 0.25) is 0 Å². The Morgan fingerprint density at radius 1 is 1.62 bits per heavy atom. The van der Waals surface area contributed by atoms with E-state index in [2.05, 4.69) is 0 Å². The summed E-state index contributed by atoms with van der Waals surface area (Å²) in [5, 5.41) is 13.1. The molecule has 1 aromatic heterocycles. The summed E-state index contributed by atoms with van der Waals surface area (Å²) in [4.78, 5) is 0. The molecule has 76 valence electrons. The Morgan fingerprint density at radius 3 is 2.62 bits per heavy atom. The summed E-state index contributed by atoms with van der Waals surface area (Å²) in [5.74, 6) is 0. The molecule has 13 heavy (non-hydrogen) atoms. The van der Waals surface area contributed by atoms with Gasteiger partial charge < -0.3 is 10.8 Å². The minimum Gasteiger partial charge on any atom is -0.396 e. The Bertz CT molecular complexity index is 236. The molecule has 1 heterocycles. The van der Waals surface area contributed by atoms with E-state index in [4.69, 9.17) is 10.8 Å². The third-order valence-electron chi connectivity index (χ3n) is 2.15. The fourth-order valence-corrected chi connectivity index (χ4v) is 1.70. The summed E-state index contributed by atoms with van der Waals surface area (Å²) < 4.78 is 0. The number of thiophene rings is 1. The Morgan fingerprint density at radius 2 is 2.23 bits per heavy atom. The molecule has 0 radical (unpaired) electrons. The number of hydrogen-bond acceptors (Lipinski definition) is 3. The highest BCUT2D eigenvalue weighted by atomic mass is 35.5. The van der Waals surface area contributed by atoms with Gasteiger partial charge in [-0.3, -0.25) is 0 Å². The molecule has 1 aromatic rings. The second-order valence-electron chi connectivity index (χ2n) is 3.68. The SMILES string of the molecule is CC(C)(CO)[C@@H](N)c1ccsc1.Cl. The van der Waals surface area contributed by atoms with Gasteiger partial charge in [0.25, 0.3) is 0 Å². The fraction of sp³-hybridized carbons (Fsp3) is 0.556. The van der Waals surface area contributed by atoms with Crippen LogP contribution < -0.4 is 5.73 Å². The predicted octanol–water partition coefficient (Wildman–Crippen LogP) is 2.19. The Kier molecular flexibility index (Phi) is 4.92. The van der Waals surface area contributed by atoms with Gasteiger partial charge in [0.15, 0.2) is 0 Å². The molecule has 0 aliphatic heterocycles. The number of nitrogens with two attached hydrogens (primary N) is 1. The zero-order chi connectivity index (χ0) is 9.19. The van der Waals surface area contributed by atoms with Gasteiger partial charge in [0.1, 0.15) is 0 Å². The Balaban J connectivity index is 0.00000144. The van der Waals surface area contributed by atoms with Crippen molar-refractivity contribution in [3.63, 3.8) is 0 Å². The quantitative estimate of drug-likeness (QED) is 0.822. The molecule has 0 aliphatic rings. The molecule has 4 heteroatoms. The van der Waals surface area contributed by atoms with E-state index in [9.17, 15) is 0 Å². The predicted molar refractivity (Wildman–Crippen MR) is 59.4 cm³/mol. The van der Waals surface area contributed by atoms with Crippen molar-refractivity contribution in [3.8, 4) is 0 Å². The summed E-state index contributed by atoms with van der Waals surface area (Å²) in [7, 11) is 0. The first kappa shape index (κ1) is 12.9. The van der Waals surface area contributed by atoms with Crippen LogP contribution in [0.3, 0.4) is 0 Å². The molecule has 1 atom stereocenters. The minimum atomic E-state index is -0.235. The van der Waals surface area contributed by atoms with Crippen LogP contribution in [0.1, 0.15) is 25.5 Å². The highest BCUT2D eigenvalue weighted by Gasteiger charge is 2.26. The topological polar surface area (TPSA) is 46.2 Å². The lowest BCUT2D eigenvalue weighted by atomic mass is 9.83. The summed E-state index contributed by atoms with van der Waals surface area (Å²) >= 11 is 1.63. The molecule has 0 saturated heterocycles. The maximum atomic E-state index is 9.09. The van der Waals surface area contributed by atoms with E-state index in [0.717, 1.165) is 5.56 Å². The molecule has 2 nitrogen and oxygen atoms in total. The van der Waals surface area contributed by atoms with E-state index in [1.165, 1.54) is 0 Å². The van der Waals surface area contributed by atoms with Gasteiger partial charge in [-0.15, -0.1) is 12.4 Å². The van der Waals surface area contributed by atoms with Crippen LogP contribution in [0.25, 0.3) is 0 Å². The van der Waals surface area contributed by atoms with Gasteiger partial charge in [-0.1, -0.05) is 13.8 Å². The largest absolute Gasteiger partial charge is 0.396 e. The first-order valence-electron chi connectivity index (χ1n) is 3.96. The van der Waals surface area contributed by atoms with Gasteiger partial charge in [-0.2, -0.15) is 11.3 Å². The third-order valence-corrected chi connectivity index (χ3v) is 2.85. The maximum absolute atomic E-state index is 9.09. The molecule has 1 rings (SSSR count). The fourth-order valence-electron chi connectivity index (χ4n) is 1.00. The van der Waals surface area contributed by atoms with Crippen molar-refractivity contribution in [1.82, 2.24) is 0 Å². The maximum Gasteiger partial charge on any atom is 0.0500 e.